The van der Waals surface area contributed by atoms with Gasteiger partial charge < -0.3 is 4.90 Å². The van der Waals surface area contributed by atoms with Crippen molar-refractivity contribution in [3.63, 3.8) is 0 Å². The van der Waals surface area contributed by atoms with Gasteiger partial charge in [0, 0.05) is 6.54 Å². The summed E-state index contributed by atoms with van der Waals surface area (Å²) in [6.45, 7) is 3.19. The van der Waals surface area contributed by atoms with Gasteiger partial charge in [-0.05, 0) is 42.9 Å². The number of rotatable bonds is 2. The molecule has 0 spiro atoms. The monoisotopic (exact) mass is 199 g/mol. The Balaban J connectivity index is 2.63. The third kappa shape index (κ3) is 2.02. The van der Waals surface area contributed by atoms with E-state index in [0.29, 0.717) is 0 Å². The normalized spacial score (nSPS) is 11.2. The van der Waals surface area contributed by atoms with Crippen molar-refractivity contribution in [3.05, 3.63) is 47.5 Å². The first kappa shape index (κ1) is 10.2. The van der Waals surface area contributed by atoms with Gasteiger partial charge in [0.2, 0.25) is 0 Å². The smallest absolute Gasteiger partial charge is 0.0236 e. The molecule has 0 saturated heterocycles. The maximum Gasteiger partial charge on any atom is 0.0236 e. The van der Waals surface area contributed by atoms with Crippen molar-refractivity contribution in [2.45, 2.75) is 13.5 Å². The Morgan fingerprint density at radius 2 is 1.73 bits per heavy atom. The van der Waals surface area contributed by atoms with E-state index < -0.39 is 0 Å². The van der Waals surface area contributed by atoms with Gasteiger partial charge in [0.05, 0.1) is 0 Å². The van der Waals surface area contributed by atoms with E-state index in [9.17, 15) is 0 Å². The third-order valence-corrected chi connectivity index (χ3v) is 2.75. The molecule has 1 nitrogen and oxygen atoms in total. The van der Waals surface area contributed by atoms with Gasteiger partial charge in [-0.25, -0.2) is 0 Å². The van der Waals surface area contributed by atoms with Crippen LogP contribution in [-0.2, 0) is 6.54 Å². The standard InChI is InChI=1S/C14H17N/c1-11-8-9-12-6-4-5-7-13(12)14(11)10-15(2)3/h4-9H,10H2,1-3H3. The SMILES string of the molecule is Cc1ccc2ccccc2c1CN(C)C. The molecule has 15 heavy (non-hydrogen) atoms. The molecule has 0 heterocycles. The minimum atomic E-state index is 1.01. The minimum absolute atomic E-state index is 1.01. The first-order valence-corrected chi connectivity index (χ1v) is 5.30. The largest absolute Gasteiger partial charge is 0.305 e. The van der Waals surface area contributed by atoms with Crippen LogP contribution in [0.25, 0.3) is 10.8 Å². The van der Waals surface area contributed by atoms with Gasteiger partial charge in [-0.3, -0.25) is 0 Å². The highest BCUT2D eigenvalue weighted by Crippen LogP contribution is 2.22. The van der Waals surface area contributed by atoms with E-state index >= 15 is 0 Å². The summed E-state index contributed by atoms with van der Waals surface area (Å²) in [5, 5.41) is 2.71. The maximum absolute atomic E-state index is 2.22. The van der Waals surface area contributed by atoms with Crippen LogP contribution >= 0.6 is 0 Å². The van der Waals surface area contributed by atoms with E-state index in [0.717, 1.165) is 6.54 Å². The molecule has 0 aromatic heterocycles. The lowest BCUT2D eigenvalue weighted by molar-refractivity contribution is 0.403. The molecule has 0 aliphatic rings. The summed E-state index contributed by atoms with van der Waals surface area (Å²) in [4.78, 5) is 2.22. The number of hydrogen-bond donors (Lipinski definition) is 0. The second-order valence-corrected chi connectivity index (χ2v) is 4.32. The van der Waals surface area contributed by atoms with Crippen molar-refractivity contribution in [3.8, 4) is 0 Å². The van der Waals surface area contributed by atoms with E-state index in [1.807, 2.05) is 0 Å². The van der Waals surface area contributed by atoms with E-state index in [4.69, 9.17) is 0 Å². The molecule has 0 fully saturated rings. The lowest BCUT2D eigenvalue weighted by Gasteiger charge is -2.14. The lowest BCUT2D eigenvalue weighted by Crippen LogP contribution is -2.12. The minimum Gasteiger partial charge on any atom is -0.305 e. The molecule has 0 unspecified atom stereocenters. The highest BCUT2D eigenvalue weighted by atomic mass is 15.0. The van der Waals surface area contributed by atoms with Gasteiger partial charge in [-0.2, -0.15) is 0 Å². The summed E-state index contributed by atoms with van der Waals surface area (Å²) in [5.74, 6) is 0. The van der Waals surface area contributed by atoms with Crippen molar-refractivity contribution in [2.75, 3.05) is 14.1 Å². The van der Waals surface area contributed by atoms with E-state index in [-0.39, 0.29) is 0 Å². The van der Waals surface area contributed by atoms with Crippen molar-refractivity contribution in [2.24, 2.45) is 0 Å². The molecule has 0 atom stereocenters. The zero-order valence-corrected chi connectivity index (χ0v) is 9.62. The van der Waals surface area contributed by atoms with Crippen LogP contribution in [0, 0.1) is 6.92 Å². The molecule has 0 N–H and O–H groups in total. The Hall–Kier alpha value is -1.34. The lowest BCUT2D eigenvalue weighted by atomic mass is 9.99. The first-order valence-electron chi connectivity index (χ1n) is 5.30. The summed E-state index contributed by atoms with van der Waals surface area (Å²) in [6, 6.07) is 13.0. The fraction of sp³-hybridized carbons (Fsp3) is 0.286. The van der Waals surface area contributed by atoms with Gasteiger partial charge in [-0.1, -0.05) is 36.4 Å². The topological polar surface area (TPSA) is 3.24 Å². The quantitative estimate of drug-likeness (QED) is 0.718. The second kappa shape index (κ2) is 4.03. The predicted molar refractivity (Wildman–Crippen MR) is 66.1 cm³/mol. The van der Waals surface area contributed by atoms with Crippen LogP contribution in [0.2, 0.25) is 0 Å². The molecule has 2 rings (SSSR count). The Morgan fingerprint density at radius 1 is 1.00 bits per heavy atom. The van der Waals surface area contributed by atoms with Gasteiger partial charge in [-0.15, -0.1) is 0 Å². The molecular formula is C14H17N. The van der Waals surface area contributed by atoms with Crippen LogP contribution in [0.3, 0.4) is 0 Å². The summed E-state index contributed by atoms with van der Waals surface area (Å²) in [6.07, 6.45) is 0. The number of hydrogen-bond acceptors (Lipinski definition) is 1. The summed E-state index contributed by atoms with van der Waals surface area (Å²) in [5.41, 5.74) is 2.82. The average Bonchev–Trinajstić information content (AvgIpc) is 2.22. The van der Waals surface area contributed by atoms with Gasteiger partial charge in [0.15, 0.2) is 0 Å². The zero-order chi connectivity index (χ0) is 10.8. The Bertz CT molecular complexity index is 472. The van der Waals surface area contributed by atoms with Crippen molar-refractivity contribution in [1.82, 2.24) is 4.90 Å². The van der Waals surface area contributed by atoms with E-state index in [1.165, 1.54) is 21.9 Å². The van der Waals surface area contributed by atoms with Gasteiger partial charge in [0.1, 0.15) is 0 Å². The second-order valence-electron chi connectivity index (χ2n) is 4.32. The molecule has 0 saturated carbocycles. The van der Waals surface area contributed by atoms with Gasteiger partial charge in [0.25, 0.3) is 0 Å². The zero-order valence-electron chi connectivity index (χ0n) is 9.62. The summed E-state index contributed by atoms with van der Waals surface area (Å²) in [7, 11) is 4.22. The highest BCUT2D eigenvalue weighted by molar-refractivity contribution is 5.86. The summed E-state index contributed by atoms with van der Waals surface area (Å²) >= 11 is 0. The number of aryl methyl sites for hydroxylation is 1. The van der Waals surface area contributed by atoms with Crippen LogP contribution in [0.1, 0.15) is 11.1 Å². The molecule has 2 aromatic rings. The van der Waals surface area contributed by atoms with Crippen LogP contribution in [0.5, 0.6) is 0 Å². The van der Waals surface area contributed by atoms with Crippen molar-refractivity contribution >= 4 is 10.8 Å². The molecule has 1 heteroatoms. The molecular weight excluding hydrogens is 182 g/mol. The van der Waals surface area contributed by atoms with E-state index in [2.05, 4.69) is 62.3 Å². The van der Waals surface area contributed by atoms with Crippen molar-refractivity contribution < 1.29 is 0 Å². The predicted octanol–water partition coefficient (Wildman–Crippen LogP) is 3.21. The fourth-order valence-corrected chi connectivity index (χ4v) is 1.97. The van der Waals surface area contributed by atoms with Crippen LogP contribution < -0.4 is 0 Å². The molecule has 0 aliphatic carbocycles. The van der Waals surface area contributed by atoms with Crippen LogP contribution in [0.4, 0.5) is 0 Å². The Labute approximate surface area is 91.3 Å². The van der Waals surface area contributed by atoms with Crippen molar-refractivity contribution in [1.29, 1.82) is 0 Å². The highest BCUT2D eigenvalue weighted by Gasteiger charge is 2.04. The number of nitrogens with zero attached hydrogens (tertiary/aromatic N) is 1. The molecule has 0 amide bonds. The Morgan fingerprint density at radius 3 is 2.47 bits per heavy atom. The Kier molecular flexibility index (Phi) is 2.74. The number of fused-ring (bicyclic) bond motifs is 1. The molecule has 0 aliphatic heterocycles. The van der Waals surface area contributed by atoms with Crippen LogP contribution in [0.15, 0.2) is 36.4 Å². The number of benzene rings is 2. The van der Waals surface area contributed by atoms with E-state index in [1.54, 1.807) is 0 Å². The molecule has 2 aromatic carbocycles. The first-order chi connectivity index (χ1) is 7.18. The van der Waals surface area contributed by atoms with Crippen LogP contribution in [-0.4, -0.2) is 19.0 Å². The molecule has 0 bridgehead atoms. The maximum atomic E-state index is 2.22. The fourth-order valence-electron chi connectivity index (χ4n) is 1.97. The summed E-state index contributed by atoms with van der Waals surface area (Å²) < 4.78 is 0. The van der Waals surface area contributed by atoms with Gasteiger partial charge >= 0.3 is 0 Å². The molecule has 0 radical (unpaired) electrons. The molecule has 78 valence electrons. The third-order valence-electron chi connectivity index (χ3n) is 2.75. The average molecular weight is 199 g/mol.